The summed E-state index contributed by atoms with van der Waals surface area (Å²) in [6.45, 7) is 3.85. The first-order valence-corrected chi connectivity index (χ1v) is 6.73. The van der Waals surface area contributed by atoms with E-state index >= 15 is 0 Å². The second-order valence-corrected chi connectivity index (χ2v) is 4.50. The van der Waals surface area contributed by atoms with Gasteiger partial charge in [0.15, 0.2) is 0 Å². The molecule has 0 aliphatic rings. The lowest BCUT2D eigenvalue weighted by Crippen LogP contribution is -2.07. The van der Waals surface area contributed by atoms with E-state index in [1.165, 1.54) is 0 Å². The van der Waals surface area contributed by atoms with Crippen LogP contribution in [0.15, 0.2) is 30.7 Å². The van der Waals surface area contributed by atoms with E-state index in [0.717, 1.165) is 35.8 Å². The Labute approximate surface area is 119 Å². The molecule has 1 aromatic carbocycles. The van der Waals surface area contributed by atoms with Gasteiger partial charge in [-0.25, -0.2) is 4.98 Å². The topological polar surface area (TPSA) is 48.3 Å². The number of methoxy groups -OCH3 is 2. The molecule has 0 atom stereocenters. The molecular formula is C15H21N3O2. The number of nitrogens with zero attached hydrogens (tertiary/aromatic N) is 2. The maximum atomic E-state index is 5.37. The maximum absolute atomic E-state index is 5.37. The van der Waals surface area contributed by atoms with Gasteiger partial charge in [-0.3, -0.25) is 0 Å². The van der Waals surface area contributed by atoms with Gasteiger partial charge in [0.2, 0.25) is 0 Å². The molecule has 1 aromatic heterocycles. The molecule has 5 nitrogen and oxygen atoms in total. The minimum absolute atomic E-state index is 0.711. The van der Waals surface area contributed by atoms with Crippen molar-refractivity contribution < 1.29 is 9.47 Å². The van der Waals surface area contributed by atoms with Crippen LogP contribution in [0.5, 0.6) is 11.5 Å². The molecule has 20 heavy (non-hydrogen) atoms. The first-order chi connectivity index (χ1) is 9.78. The van der Waals surface area contributed by atoms with Crippen LogP contribution in [0.1, 0.15) is 19.0 Å². The Balaban J connectivity index is 2.08. The largest absolute Gasteiger partial charge is 0.497 e. The summed E-state index contributed by atoms with van der Waals surface area (Å²) in [7, 11) is 3.30. The van der Waals surface area contributed by atoms with Crippen LogP contribution in [-0.2, 0) is 13.1 Å². The zero-order valence-electron chi connectivity index (χ0n) is 12.2. The summed E-state index contributed by atoms with van der Waals surface area (Å²) in [5, 5.41) is 3.38. The lowest BCUT2D eigenvalue weighted by molar-refractivity contribution is 0.395. The molecule has 1 N–H and O–H groups in total. The fraction of sp³-hybridized carbons (Fsp3) is 0.400. The SMILES string of the molecule is CCCn1cncc1CNc1ccc(OC)cc1OC. The van der Waals surface area contributed by atoms with Crippen molar-refractivity contribution in [2.24, 2.45) is 0 Å². The first kappa shape index (κ1) is 14.2. The lowest BCUT2D eigenvalue weighted by atomic mass is 10.2. The van der Waals surface area contributed by atoms with E-state index in [4.69, 9.17) is 9.47 Å². The highest BCUT2D eigenvalue weighted by Gasteiger charge is 2.06. The number of hydrogen-bond acceptors (Lipinski definition) is 4. The van der Waals surface area contributed by atoms with Crippen LogP contribution >= 0.6 is 0 Å². The van der Waals surface area contributed by atoms with Crippen LogP contribution in [0.2, 0.25) is 0 Å². The Kier molecular flexibility index (Phi) is 4.87. The molecule has 0 bridgehead atoms. The standard InChI is InChI=1S/C15H21N3O2/c1-4-7-18-11-16-9-12(18)10-17-14-6-5-13(19-2)8-15(14)20-3/h5-6,8-9,11,17H,4,7,10H2,1-3H3. The number of aromatic nitrogens is 2. The fourth-order valence-corrected chi connectivity index (χ4v) is 2.07. The minimum Gasteiger partial charge on any atom is -0.497 e. The van der Waals surface area contributed by atoms with Crippen LogP contribution in [0.25, 0.3) is 0 Å². The Morgan fingerprint density at radius 3 is 2.80 bits per heavy atom. The third kappa shape index (κ3) is 3.23. The van der Waals surface area contributed by atoms with E-state index in [1.807, 2.05) is 30.7 Å². The van der Waals surface area contributed by atoms with Crippen molar-refractivity contribution in [1.82, 2.24) is 9.55 Å². The van der Waals surface area contributed by atoms with E-state index in [2.05, 4.69) is 21.8 Å². The van der Waals surface area contributed by atoms with Gasteiger partial charge in [-0.15, -0.1) is 0 Å². The van der Waals surface area contributed by atoms with Gasteiger partial charge in [-0.2, -0.15) is 0 Å². The molecule has 0 spiro atoms. The molecule has 0 amide bonds. The van der Waals surface area contributed by atoms with Crippen molar-refractivity contribution in [3.63, 3.8) is 0 Å². The summed E-state index contributed by atoms with van der Waals surface area (Å²) in [5.41, 5.74) is 2.10. The molecule has 0 radical (unpaired) electrons. The molecule has 0 saturated carbocycles. The van der Waals surface area contributed by atoms with Crippen molar-refractivity contribution in [2.45, 2.75) is 26.4 Å². The average Bonchev–Trinajstić information content (AvgIpc) is 2.92. The second-order valence-electron chi connectivity index (χ2n) is 4.50. The van der Waals surface area contributed by atoms with Gasteiger partial charge in [0, 0.05) is 18.8 Å². The number of aryl methyl sites for hydroxylation is 1. The summed E-state index contributed by atoms with van der Waals surface area (Å²) < 4.78 is 12.7. The van der Waals surface area contributed by atoms with E-state index in [-0.39, 0.29) is 0 Å². The average molecular weight is 275 g/mol. The van der Waals surface area contributed by atoms with Crippen molar-refractivity contribution in [2.75, 3.05) is 19.5 Å². The predicted octanol–water partition coefficient (Wildman–Crippen LogP) is 2.92. The van der Waals surface area contributed by atoms with Crippen LogP contribution in [0.3, 0.4) is 0 Å². The van der Waals surface area contributed by atoms with Crippen molar-refractivity contribution >= 4 is 5.69 Å². The molecule has 2 rings (SSSR count). The van der Waals surface area contributed by atoms with Gasteiger partial charge in [-0.1, -0.05) is 6.92 Å². The third-order valence-corrected chi connectivity index (χ3v) is 3.13. The molecule has 0 fully saturated rings. The molecule has 0 aliphatic heterocycles. The number of rotatable bonds is 7. The monoisotopic (exact) mass is 275 g/mol. The summed E-state index contributed by atoms with van der Waals surface area (Å²) in [4.78, 5) is 4.19. The molecule has 5 heteroatoms. The van der Waals surface area contributed by atoms with E-state index < -0.39 is 0 Å². The first-order valence-electron chi connectivity index (χ1n) is 6.73. The Morgan fingerprint density at radius 1 is 1.25 bits per heavy atom. The van der Waals surface area contributed by atoms with Gasteiger partial charge in [0.25, 0.3) is 0 Å². The highest BCUT2D eigenvalue weighted by molar-refractivity contribution is 5.59. The number of imidazole rings is 1. The zero-order chi connectivity index (χ0) is 14.4. The number of benzene rings is 1. The summed E-state index contributed by atoms with van der Waals surface area (Å²) >= 11 is 0. The number of anilines is 1. The van der Waals surface area contributed by atoms with E-state index in [9.17, 15) is 0 Å². The van der Waals surface area contributed by atoms with Gasteiger partial charge in [0.05, 0.1) is 38.5 Å². The van der Waals surface area contributed by atoms with Crippen LogP contribution in [0, 0.1) is 0 Å². The summed E-state index contributed by atoms with van der Waals surface area (Å²) in [6, 6.07) is 5.73. The number of hydrogen-bond donors (Lipinski definition) is 1. The molecule has 0 saturated heterocycles. The van der Waals surface area contributed by atoms with Crippen molar-refractivity contribution in [3.05, 3.63) is 36.4 Å². The maximum Gasteiger partial charge on any atom is 0.145 e. The van der Waals surface area contributed by atoms with E-state index in [1.54, 1.807) is 14.2 Å². The van der Waals surface area contributed by atoms with Crippen LogP contribution in [-0.4, -0.2) is 23.8 Å². The molecule has 0 unspecified atom stereocenters. The molecule has 2 aromatic rings. The predicted molar refractivity (Wildman–Crippen MR) is 79.4 cm³/mol. The van der Waals surface area contributed by atoms with Crippen molar-refractivity contribution in [1.29, 1.82) is 0 Å². The lowest BCUT2D eigenvalue weighted by Gasteiger charge is -2.13. The normalized spacial score (nSPS) is 10.3. The van der Waals surface area contributed by atoms with Gasteiger partial charge in [0.1, 0.15) is 11.5 Å². The third-order valence-electron chi connectivity index (χ3n) is 3.13. The second kappa shape index (κ2) is 6.84. The molecular weight excluding hydrogens is 254 g/mol. The highest BCUT2D eigenvalue weighted by atomic mass is 16.5. The van der Waals surface area contributed by atoms with Gasteiger partial charge >= 0.3 is 0 Å². The molecule has 108 valence electrons. The highest BCUT2D eigenvalue weighted by Crippen LogP contribution is 2.29. The van der Waals surface area contributed by atoms with Crippen molar-refractivity contribution in [3.8, 4) is 11.5 Å². The van der Waals surface area contributed by atoms with Gasteiger partial charge < -0.3 is 19.4 Å². The van der Waals surface area contributed by atoms with Crippen LogP contribution < -0.4 is 14.8 Å². The minimum atomic E-state index is 0.711. The quantitative estimate of drug-likeness (QED) is 0.844. The smallest absolute Gasteiger partial charge is 0.145 e. The molecule has 1 heterocycles. The Hall–Kier alpha value is -2.17. The van der Waals surface area contributed by atoms with Crippen LogP contribution in [0.4, 0.5) is 5.69 Å². The fourth-order valence-electron chi connectivity index (χ4n) is 2.07. The van der Waals surface area contributed by atoms with E-state index in [0.29, 0.717) is 6.54 Å². The zero-order valence-corrected chi connectivity index (χ0v) is 12.2. The Bertz CT molecular complexity index is 552. The number of ether oxygens (including phenoxy) is 2. The van der Waals surface area contributed by atoms with Gasteiger partial charge in [-0.05, 0) is 18.6 Å². The number of nitrogens with one attached hydrogen (secondary N) is 1. The summed E-state index contributed by atoms with van der Waals surface area (Å²) in [6.07, 6.45) is 4.85. The Morgan fingerprint density at radius 2 is 2.10 bits per heavy atom. The summed E-state index contributed by atoms with van der Waals surface area (Å²) in [5.74, 6) is 1.55. The molecule has 0 aliphatic carbocycles.